The molecule has 0 bridgehead atoms. The second kappa shape index (κ2) is 10.7. The smallest absolute Gasteiger partial charge is 0.256 e. The Morgan fingerprint density at radius 3 is 2.28 bits per heavy atom. The van der Waals surface area contributed by atoms with Crippen LogP contribution in [0.1, 0.15) is 59.2 Å². The van der Waals surface area contributed by atoms with Crippen LogP contribution in [-0.4, -0.2) is 66.8 Å². The molecule has 0 spiro atoms. The average molecular weight is 493 g/mol. The minimum absolute atomic E-state index is 0.0100. The fourth-order valence-electron chi connectivity index (χ4n) is 5.08. The Balaban J connectivity index is 1.36. The number of nitrogens with zero attached hydrogens (tertiary/aromatic N) is 3. The van der Waals surface area contributed by atoms with Crippen molar-refractivity contribution >= 4 is 29.1 Å². The zero-order chi connectivity index (χ0) is 25.1. The minimum atomic E-state index is -0.424. The number of hydrogen-bond donors (Lipinski definition) is 1. The standard InChI is InChI=1S/C28H33FN4O3/c29-22-7-4-6-21(18-22)27(35)33-15-5-14-31(16-17-33)25-11-10-23(30-26(34)20-8-9-20)19-24(25)28(36)32-12-2-1-3-13-32/h4,6-7,10-11,18-20H,1-3,5,8-9,12-17H2,(H,30,34). The van der Waals surface area contributed by atoms with Gasteiger partial charge in [0.2, 0.25) is 5.91 Å². The van der Waals surface area contributed by atoms with Gasteiger partial charge in [0.15, 0.2) is 0 Å². The number of rotatable bonds is 5. The summed E-state index contributed by atoms with van der Waals surface area (Å²) in [5, 5.41) is 2.98. The second-order valence-electron chi connectivity index (χ2n) is 9.99. The number of amides is 3. The van der Waals surface area contributed by atoms with E-state index in [4.69, 9.17) is 0 Å². The van der Waals surface area contributed by atoms with Crippen molar-refractivity contribution in [2.45, 2.75) is 38.5 Å². The number of carbonyl (C=O) groups excluding carboxylic acids is 3. The average Bonchev–Trinajstić information content (AvgIpc) is 3.76. The van der Waals surface area contributed by atoms with Gasteiger partial charge in [-0.05, 0) is 74.9 Å². The van der Waals surface area contributed by atoms with Crippen LogP contribution >= 0.6 is 0 Å². The molecule has 2 aromatic rings. The lowest BCUT2D eigenvalue weighted by Crippen LogP contribution is -2.38. The van der Waals surface area contributed by atoms with Crippen molar-refractivity contribution in [2.24, 2.45) is 5.92 Å². The Bertz CT molecular complexity index is 1140. The van der Waals surface area contributed by atoms with Crippen molar-refractivity contribution in [2.75, 3.05) is 49.5 Å². The molecule has 2 aromatic carbocycles. The van der Waals surface area contributed by atoms with Crippen molar-refractivity contribution in [1.82, 2.24) is 9.80 Å². The minimum Gasteiger partial charge on any atom is -0.369 e. The van der Waals surface area contributed by atoms with E-state index in [0.29, 0.717) is 43.0 Å². The van der Waals surface area contributed by atoms with Gasteiger partial charge < -0.3 is 20.0 Å². The lowest BCUT2D eigenvalue weighted by molar-refractivity contribution is -0.117. The normalized spacial score (nSPS) is 18.5. The van der Waals surface area contributed by atoms with Crippen LogP contribution in [0.2, 0.25) is 0 Å². The van der Waals surface area contributed by atoms with Gasteiger partial charge in [-0.15, -0.1) is 0 Å². The molecular formula is C28H33FN4O3. The molecule has 3 fully saturated rings. The maximum absolute atomic E-state index is 13.7. The first kappa shape index (κ1) is 24.3. The Kier molecular flexibility index (Phi) is 7.20. The van der Waals surface area contributed by atoms with Gasteiger partial charge >= 0.3 is 0 Å². The molecule has 190 valence electrons. The van der Waals surface area contributed by atoms with Gasteiger partial charge in [-0.1, -0.05) is 6.07 Å². The van der Waals surface area contributed by atoms with Gasteiger partial charge in [0.25, 0.3) is 11.8 Å². The molecule has 0 radical (unpaired) electrons. The highest BCUT2D eigenvalue weighted by atomic mass is 19.1. The SMILES string of the molecule is O=C(Nc1ccc(N2CCCN(C(=O)c3cccc(F)c3)CC2)c(C(=O)N2CCCCC2)c1)C1CC1. The third-order valence-corrected chi connectivity index (χ3v) is 7.28. The quantitative estimate of drug-likeness (QED) is 0.681. The maximum Gasteiger partial charge on any atom is 0.256 e. The van der Waals surface area contributed by atoms with Crippen LogP contribution < -0.4 is 10.2 Å². The van der Waals surface area contributed by atoms with Gasteiger partial charge in [0.05, 0.1) is 5.56 Å². The van der Waals surface area contributed by atoms with Crippen molar-refractivity contribution in [3.8, 4) is 0 Å². The van der Waals surface area contributed by atoms with Crippen LogP contribution in [0.5, 0.6) is 0 Å². The molecule has 0 aromatic heterocycles. The van der Waals surface area contributed by atoms with Crippen LogP contribution in [0.4, 0.5) is 15.8 Å². The molecule has 1 aliphatic carbocycles. The topological polar surface area (TPSA) is 73.0 Å². The van der Waals surface area contributed by atoms with E-state index in [2.05, 4.69) is 10.2 Å². The summed E-state index contributed by atoms with van der Waals surface area (Å²) in [7, 11) is 0. The lowest BCUT2D eigenvalue weighted by atomic mass is 10.1. The fraction of sp³-hybridized carbons (Fsp3) is 0.464. The summed E-state index contributed by atoms with van der Waals surface area (Å²) in [6.45, 7) is 3.79. The van der Waals surface area contributed by atoms with E-state index >= 15 is 0 Å². The van der Waals surface area contributed by atoms with Crippen LogP contribution in [0, 0.1) is 11.7 Å². The van der Waals surface area contributed by atoms with Crippen LogP contribution in [0.25, 0.3) is 0 Å². The Hall–Kier alpha value is -3.42. The third kappa shape index (κ3) is 5.53. The highest BCUT2D eigenvalue weighted by Crippen LogP contribution is 2.32. The molecule has 2 heterocycles. The Morgan fingerprint density at radius 1 is 0.778 bits per heavy atom. The molecule has 0 atom stereocenters. The number of benzene rings is 2. The largest absolute Gasteiger partial charge is 0.369 e. The molecule has 2 aliphatic heterocycles. The first-order valence-corrected chi connectivity index (χ1v) is 13.0. The van der Waals surface area contributed by atoms with E-state index in [1.165, 1.54) is 12.1 Å². The molecule has 8 heteroatoms. The van der Waals surface area contributed by atoms with Crippen LogP contribution in [0.15, 0.2) is 42.5 Å². The zero-order valence-electron chi connectivity index (χ0n) is 20.5. The summed E-state index contributed by atoms with van der Waals surface area (Å²) in [4.78, 5) is 44.8. The van der Waals surface area contributed by atoms with E-state index in [-0.39, 0.29) is 23.6 Å². The zero-order valence-corrected chi connectivity index (χ0v) is 20.5. The molecular weight excluding hydrogens is 459 g/mol. The summed E-state index contributed by atoms with van der Waals surface area (Å²) in [6, 6.07) is 11.4. The highest BCUT2D eigenvalue weighted by Gasteiger charge is 2.30. The summed E-state index contributed by atoms with van der Waals surface area (Å²) in [5.74, 6) is -0.520. The van der Waals surface area contributed by atoms with Crippen LogP contribution in [-0.2, 0) is 4.79 Å². The van der Waals surface area contributed by atoms with E-state index in [1.54, 1.807) is 17.0 Å². The number of hydrogen-bond acceptors (Lipinski definition) is 4. The number of halogens is 1. The van der Waals surface area contributed by atoms with Gasteiger partial charge in [-0.25, -0.2) is 4.39 Å². The summed E-state index contributed by atoms with van der Waals surface area (Å²) in [6.07, 6.45) is 5.71. The molecule has 5 rings (SSSR count). The molecule has 7 nitrogen and oxygen atoms in total. The van der Waals surface area contributed by atoms with Gasteiger partial charge in [0, 0.05) is 62.1 Å². The molecule has 1 saturated carbocycles. The monoisotopic (exact) mass is 492 g/mol. The van der Waals surface area contributed by atoms with E-state index in [0.717, 1.165) is 57.3 Å². The Labute approximate surface area is 211 Å². The first-order chi connectivity index (χ1) is 17.5. The van der Waals surface area contributed by atoms with Crippen LogP contribution in [0.3, 0.4) is 0 Å². The molecule has 36 heavy (non-hydrogen) atoms. The highest BCUT2D eigenvalue weighted by molar-refractivity contribution is 6.02. The maximum atomic E-state index is 13.7. The third-order valence-electron chi connectivity index (χ3n) is 7.28. The second-order valence-corrected chi connectivity index (χ2v) is 9.99. The van der Waals surface area contributed by atoms with Crippen molar-refractivity contribution in [1.29, 1.82) is 0 Å². The number of nitrogens with one attached hydrogen (secondary N) is 1. The van der Waals surface area contributed by atoms with Gasteiger partial charge in [-0.3, -0.25) is 14.4 Å². The molecule has 2 saturated heterocycles. The summed E-state index contributed by atoms with van der Waals surface area (Å²) < 4.78 is 13.7. The van der Waals surface area contributed by atoms with E-state index < -0.39 is 5.82 Å². The van der Waals surface area contributed by atoms with Crippen molar-refractivity contribution in [3.63, 3.8) is 0 Å². The predicted octanol–water partition coefficient (Wildman–Crippen LogP) is 4.15. The Morgan fingerprint density at radius 2 is 1.53 bits per heavy atom. The van der Waals surface area contributed by atoms with Crippen molar-refractivity contribution in [3.05, 3.63) is 59.4 Å². The molecule has 1 N–H and O–H groups in total. The molecule has 0 unspecified atom stereocenters. The van der Waals surface area contributed by atoms with E-state index in [9.17, 15) is 18.8 Å². The number of piperidine rings is 1. The predicted molar refractivity (Wildman–Crippen MR) is 137 cm³/mol. The number of anilines is 2. The lowest BCUT2D eigenvalue weighted by Gasteiger charge is -2.30. The summed E-state index contributed by atoms with van der Waals surface area (Å²) >= 11 is 0. The number of carbonyl (C=O) groups is 3. The van der Waals surface area contributed by atoms with Gasteiger partial charge in [-0.2, -0.15) is 0 Å². The number of likely N-dealkylation sites (tertiary alicyclic amines) is 1. The molecule has 3 aliphatic rings. The molecule has 3 amide bonds. The fourth-order valence-corrected chi connectivity index (χ4v) is 5.08. The van der Waals surface area contributed by atoms with E-state index in [1.807, 2.05) is 23.1 Å². The summed E-state index contributed by atoms with van der Waals surface area (Å²) in [5.41, 5.74) is 2.42. The van der Waals surface area contributed by atoms with Crippen molar-refractivity contribution < 1.29 is 18.8 Å². The van der Waals surface area contributed by atoms with Gasteiger partial charge in [0.1, 0.15) is 5.82 Å². The first-order valence-electron chi connectivity index (χ1n) is 13.0.